The Morgan fingerprint density at radius 1 is 1.55 bits per heavy atom. The Morgan fingerprint density at radius 3 is 2.09 bits per heavy atom. The van der Waals surface area contributed by atoms with E-state index in [2.05, 4.69) is 9.97 Å². The van der Waals surface area contributed by atoms with Crippen LogP contribution in [0.15, 0.2) is 18.7 Å². The number of carboxylic acid groups (broad SMARTS) is 1. The number of hydrogen-bond acceptors (Lipinski definition) is 4. The molecule has 66 valence electrons. The van der Waals surface area contributed by atoms with Crippen molar-refractivity contribution in [3.8, 4) is 0 Å². The highest BCUT2D eigenvalue weighted by Crippen LogP contribution is 1.62. The molecule has 1 aromatic rings. The molecule has 0 unspecified atom stereocenters. The molecule has 0 aliphatic carbocycles. The van der Waals surface area contributed by atoms with Crippen molar-refractivity contribution < 1.29 is 9.90 Å². The van der Waals surface area contributed by atoms with Crippen LogP contribution in [0.2, 0.25) is 0 Å². The molecule has 0 fully saturated rings. The zero-order chi connectivity index (χ0) is 7.11. The van der Waals surface area contributed by atoms with E-state index in [0.29, 0.717) is 0 Å². The van der Waals surface area contributed by atoms with Gasteiger partial charge >= 0.3 is 0 Å². The predicted molar refractivity (Wildman–Crippen MR) is 41.9 cm³/mol. The summed E-state index contributed by atoms with van der Waals surface area (Å²) >= 11 is 0. The van der Waals surface area contributed by atoms with Gasteiger partial charge in [-0.2, -0.15) is 0 Å². The topological polar surface area (TPSA) is 136 Å². The highest BCUT2D eigenvalue weighted by molar-refractivity contribution is 5.62. The number of carbonyl (C=O) groups is 1. The number of nitrogens with one attached hydrogen (secondary N) is 1. The minimum Gasteiger partial charge on any atom is -0.481 e. The van der Waals surface area contributed by atoms with E-state index in [4.69, 9.17) is 9.90 Å². The third kappa shape index (κ3) is 28.9. The number of carboxylic acids is 1. The molecule has 1 heterocycles. The van der Waals surface area contributed by atoms with Crippen molar-refractivity contribution in [3.63, 3.8) is 0 Å². The van der Waals surface area contributed by atoms with E-state index in [1.807, 2.05) is 0 Å². The maximum absolute atomic E-state index is 9.00. The SMILES string of the molecule is CC(=O)O.N.N.c1c[nH]cn1. The predicted octanol–water partition coefficient (Wildman–Crippen LogP) is 0.825. The molecule has 0 saturated heterocycles. The first kappa shape index (κ1) is 16.3. The maximum atomic E-state index is 9.00. The van der Waals surface area contributed by atoms with Gasteiger partial charge in [-0.05, 0) is 0 Å². The van der Waals surface area contributed by atoms with Crippen molar-refractivity contribution in [2.45, 2.75) is 6.92 Å². The van der Waals surface area contributed by atoms with Gasteiger partial charge in [0.2, 0.25) is 0 Å². The van der Waals surface area contributed by atoms with Crippen LogP contribution in [0.5, 0.6) is 0 Å². The lowest BCUT2D eigenvalue weighted by Gasteiger charge is -1.59. The van der Waals surface area contributed by atoms with Gasteiger partial charge in [-0.25, -0.2) is 4.98 Å². The molecule has 0 saturated carbocycles. The largest absolute Gasteiger partial charge is 0.481 e. The van der Waals surface area contributed by atoms with E-state index < -0.39 is 5.97 Å². The van der Waals surface area contributed by atoms with E-state index in [0.717, 1.165) is 6.92 Å². The monoisotopic (exact) mass is 162 g/mol. The molecule has 0 aliphatic rings. The molecule has 0 aliphatic heterocycles. The third-order valence-electron chi connectivity index (χ3n) is 0.406. The average Bonchev–Trinajstić information content (AvgIpc) is 2.11. The van der Waals surface area contributed by atoms with Crippen LogP contribution in [0, 0.1) is 0 Å². The Kier molecular flexibility index (Phi) is 16.9. The lowest BCUT2D eigenvalue weighted by atomic mass is 10.9. The van der Waals surface area contributed by atoms with Gasteiger partial charge in [0.25, 0.3) is 5.97 Å². The molecule has 0 amide bonds. The number of aromatic amines is 1. The Hall–Kier alpha value is -1.40. The van der Waals surface area contributed by atoms with Gasteiger partial charge in [0.15, 0.2) is 0 Å². The second kappa shape index (κ2) is 11.4. The summed E-state index contributed by atoms with van der Waals surface area (Å²) in [5.74, 6) is -0.833. The van der Waals surface area contributed by atoms with Gasteiger partial charge in [-0.3, -0.25) is 4.79 Å². The summed E-state index contributed by atoms with van der Waals surface area (Å²) in [6.07, 6.45) is 5.08. The number of aliphatic carboxylic acids is 1. The van der Waals surface area contributed by atoms with Crippen LogP contribution in [0.3, 0.4) is 0 Å². The summed E-state index contributed by atoms with van der Waals surface area (Å²) < 4.78 is 0. The number of rotatable bonds is 0. The summed E-state index contributed by atoms with van der Waals surface area (Å²) in [6.45, 7) is 1.08. The number of imidazole rings is 1. The maximum Gasteiger partial charge on any atom is 0.300 e. The molecule has 0 spiro atoms. The third-order valence-corrected chi connectivity index (χ3v) is 0.406. The van der Waals surface area contributed by atoms with Crippen LogP contribution in [-0.2, 0) is 4.79 Å². The lowest BCUT2D eigenvalue weighted by molar-refractivity contribution is -0.134. The minimum absolute atomic E-state index is 0. The van der Waals surface area contributed by atoms with Crippen LogP contribution >= 0.6 is 0 Å². The number of nitrogens with zero attached hydrogens (tertiary/aromatic N) is 1. The van der Waals surface area contributed by atoms with Crippen molar-refractivity contribution in [1.29, 1.82) is 0 Å². The minimum atomic E-state index is -0.833. The first-order valence-corrected chi connectivity index (χ1v) is 2.35. The van der Waals surface area contributed by atoms with Gasteiger partial charge in [-0.15, -0.1) is 0 Å². The molecule has 0 atom stereocenters. The summed E-state index contributed by atoms with van der Waals surface area (Å²) in [5, 5.41) is 7.42. The van der Waals surface area contributed by atoms with Crippen molar-refractivity contribution in [2.75, 3.05) is 0 Å². The summed E-state index contributed by atoms with van der Waals surface area (Å²) in [6, 6.07) is 0. The molecule has 6 nitrogen and oxygen atoms in total. The van der Waals surface area contributed by atoms with Crippen molar-refractivity contribution in [2.24, 2.45) is 0 Å². The van der Waals surface area contributed by atoms with Crippen molar-refractivity contribution in [1.82, 2.24) is 22.3 Å². The Morgan fingerprint density at radius 2 is 2.00 bits per heavy atom. The fourth-order valence-electron chi connectivity index (χ4n) is 0.215. The quantitative estimate of drug-likeness (QED) is 0.447. The first-order valence-electron chi connectivity index (χ1n) is 2.35. The fourth-order valence-corrected chi connectivity index (χ4v) is 0.215. The summed E-state index contributed by atoms with van der Waals surface area (Å²) in [7, 11) is 0. The van der Waals surface area contributed by atoms with E-state index in [1.54, 1.807) is 18.7 Å². The molecule has 8 N–H and O–H groups in total. The van der Waals surface area contributed by atoms with Crippen LogP contribution in [-0.4, -0.2) is 21.0 Å². The first-order chi connectivity index (χ1) is 4.23. The van der Waals surface area contributed by atoms with Crippen LogP contribution in [0.25, 0.3) is 0 Å². The fraction of sp³-hybridized carbons (Fsp3) is 0.200. The molecule has 0 aromatic carbocycles. The number of H-pyrrole nitrogens is 1. The highest BCUT2D eigenvalue weighted by atomic mass is 16.4. The van der Waals surface area contributed by atoms with Crippen molar-refractivity contribution in [3.05, 3.63) is 18.7 Å². The van der Waals surface area contributed by atoms with E-state index in [-0.39, 0.29) is 12.3 Å². The molecule has 1 aromatic heterocycles. The molecule has 0 radical (unpaired) electrons. The lowest BCUT2D eigenvalue weighted by Crippen LogP contribution is -1.78. The van der Waals surface area contributed by atoms with Gasteiger partial charge < -0.3 is 22.4 Å². The van der Waals surface area contributed by atoms with Gasteiger partial charge in [-0.1, -0.05) is 0 Å². The second-order valence-corrected chi connectivity index (χ2v) is 1.28. The summed E-state index contributed by atoms with van der Waals surface area (Å²) in [5.41, 5.74) is 0. The van der Waals surface area contributed by atoms with Gasteiger partial charge in [0.05, 0.1) is 6.33 Å². The molecule has 6 heteroatoms. The normalized spacial score (nSPS) is 5.91. The Balaban J connectivity index is -0.000000101. The Bertz CT molecular complexity index is 130. The van der Waals surface area contributed by atoms with Gasteiger partial charge in [0.1, 0.15) is 0 Å². The highest BCUT2D eigenvalue weighted by Gasteiger charge is 1.65. The smallest absolute Gasteiger partial charge is 0.300 e. The van der Waals surface area contributed by atoms with E-state index in [9.17, 15) is 0 Å². The standard InChI is InChI=1S/C3H4N2.C2H4O2.2H3N/c1-2-5-3-4-1;1-2(3)4;;/h1-3H,(H,4,5);1H3,(H,3,4);2*1H3. The van der Waals surface area contributed by atoms with E-state index in [1.165, 1.54) is 0 Å². The number of aromatic nitrogens is 2. The Labute approximate surface area is 64.8 Å². The summed E-state index contributed by atoms with van der Waals surface area (Å²) in [4.78, 5) is 15.4. The molecular weight excluding hydrogens is 148 g/mol. The molecular formula is C5H14N4O2. The van der Waals surface area contributed by atoms with Crippen molar-refractivity contribution >= 4 is 5.97 Å². The van der Waals surface area contributed by atoms with Gasteiger partial charge in [0, 0.05) is 19.3 Å². The zero-order valence-corrected chi connectivity index (χ0v) is 6.45. The van der Waals surface area contributed by atoms with Crippen LogP contribution in [0.4, 0.5) is 0 Å². The molecule has 11 heavy (non-hydrogen) atoms. The molecule has 1 rings (SSSR count). The molecule has 0 bridgehead atoms. The van der Waals surface area contributed by atoms with Crippen LogP contribution in [0.1, 0.15) is 6.92 Å². The second-order valence-electron chi connectivity index (χ2n) is 1.28. The average molecular weight is 162 g/mol. The van der Waals surface area contributed by atoms with Crippen LogP contribution < -0.4 is 12.3 Å². The van der Waals surface area contributed by atoms with E-state index >= 15 is 0 Å². The number of hydrogen-bond donors (Lipinski definition) is 4. The zero-order valence-electron chi connectivity index (χ0n) is 6.45.